The van der Waals surface area contributed by atoms with Gasteiger partial charge in [-0.1, -0.05) is 31.5 Å². The first-order valence-electron chi connectivity index (χ1n) is 8.53. The minimum absolute atomic E-state index is 0.161. The van der Waals surface area contributed by atoms with Gasteiger partial charge in [-0.05, 0) is 38.6 Å². The largest absolute Gasteiger partial charge is 0.340 e. The lowest BCUT2D eigenvalue weighted by Crippen LogP contribution is -2.36. The molecule has 0 saturated carbocycles. The van der Waals surface area contributed by atoms with Gasteiger partial charge in [0.15, 0.2) is 0 Å². The van der Waals surface area contributed by atoms with E-state index in [1.807, 2.05) is 34.7 Å². The Morgan fingerprint density at radius 3 is 2.65 bits per heavy atom. The van der Waals surface area contributed by atoms with Gasteiger partial charge < -0.3 is 14.4 Å². The Hall–Kier alpha value is -1.81. The summed E-state index contributed by atoms with van der Waals surface area (Å²) in [7, 11) is 6.23. The first kappa shape index (κ1) is 16.1. The minimum atomic E-state index is 0.161. The fourth-order valence-corrected chi connectivity index (χ4v) is 3.92. The number of amides is 1. The Balaban J connectivity index is 1.86. The van der Waals surface area contributed by atoms with Crippen LogP contribution in [0.15, 0.2) is 30.3 Å². The number of likely N-dealkylation sites (tertiary alicyclic amines) is 1. The maximum absolute atomic E-state index is 13.0. The topological polar surface area (TPSA) is 28.5 Å². The highest BCUT2D eigenvalue weighted by Gasteiger charge is 2.36. The van der Waals surface area contributed by atoms with Gasteiger partial charge in [-0.15, -0.1) is 0 Å². The van der Waals surface area contributed by atoms with Crippen molar-refractivity contribution in [2.24, 2.45) is 13.0 Å². The molecule has 2 aromatic rings. The van der Waals surface area contributed by atoms with Crippen molar-refractivity contribution in [3.63, 3.8) is 0 Å². The Labute approximate surface area is 138 Å². The van der Waals surface area contributed by atoms with E-state index in [-0.39, 0.29) is 5.91 Å². The van der Waals surface area contributed by atoms with Crippen molar-refractivity contribution < 1.29 is 4.79 Å². The van der Waals surface area contributed by atoms with Gasteiger partial charge in [0.2, 0.25) is 0 Å². The molecule has 1 amide bonds. The Bertz CT molecular complexity index is 704. The number of hydrogen-bond acceptors (Lipinski definition) is 2. The SMILES string of the molecule is CCC[C@@H]1CN(C(=O)c2cc3ccccc3n2C)C[C@H]1N(C)C. The van der Waals surface area contributed by atoms with E-state index in [9.17, 15) is 4.79 Å². The molecule has 124 valence electrons. The highest BCUT2D eigenvalue weighted by atomic mass is 16.2. The number of fused-ring (bicyclic) bond motifs is 1. The van der Waals surface area contributed by atoms with Gasteiger partial charge in [0.25, 0.3) is 5.91 Å². The second-order valence-corrected chi connectivity index (χ2v) is 6.94. The van der Waals surface area contributed by atoms with Crippen molar-refractivity contribution in [2.45, 2.75) is 25.8 Å². The summed E-state index contributed by atoms with van der Waals surface area (Å²) >= 11 is 0. The van der Waals surface area contributed by atoms with Crippen LogP contribution in [0.3, 0.4) is 0 Å². The monoisotopic (exact) mass is 313 g/mol. The fourth-order valence-electron chi connectivity index (χ4n) is 3.92. The summed E-state index contributed by atoms with van der Waals surface area (Å²) in [5, 5.41) is 1.13. The molecular formula is C19H27N3O. The van der Waals surface area contributed by atoms with Crippen molar-refractivity contribution in [1.82, 2.24) is 14.4 Å². The molecule has 1 aromatic carbocycles. The molecule has 4 nitrogen and oxygen atoms in total. The van der Waals surface area contributed by atoms with E-state index in [1.54, 1.807) is 0 Å². The summed E-state index contributed by atoms with van der Waals surface area (Å²) < 4.78 is 2.02. The van der Waals surface area contributed by atoms with E-state index in [0.29, 0.717) is 12.0 Å². The fraction of sp³-hybridized carbons (Fsp3) is 0.526. The summed E-state index contributed by atoms with van der Waals surface area (Å²) in [4.78, 5) is 17.4. The van der Waals surface area contributed by atoms with E-state index in [0.717, 1.165) is 29.7 Å². The predicted molar refractivity (Wildman–Crippen MR) is 94.7 cm³/mol. The van der Waals surface area contributed by atoms with Crippen molar-refractivity contribution in [1.29, 1.82) is 0 Å². The highest BCUT2D eigenvalue weighted by Crippen LogP contribution is 2.27. The molecule has 0 unspecified atom stereocenters. The maximum atomic E-state index is 13.0. The van der Waals surface area contributed by atoms with Crippen molar-refractivity contribution in [2.75, 3.05) is 27.2 Å². The second-order valence-electron chi connectivity index (χ2n) is 6.94. The quantitative estimate of drug-likeness (QED) is 0.868. The number of rotatable bonds is 4. The lowest BCUT2D eigenvalue weighted by atomic mass is 9.98. The van der Waals surface area contributed by atoms with E-state index in [2.05, 4.69) is 38.1 Å². The summed E-state index contributed by atoms with van der Waals surface area (Å²) in [6, 6.07) is 10.7. The number of aryl methyl sites for hydroxylation is 1. The minimum Gasteiger partial charge on any atom is -0.340 e. The molecule has 0 N–H and O–H groups in total. The molecule has 0 aliphatic carbocycles. The Kier molecular flexibility index (Phi) is 4.44. The first-order chi connectivity index (χ1) is 11.0. The molecule has 2 atom stereocenters. The lowest BCUT2D eigenvalue weighted by Gasteiger charge is -2.24. The van der Waals surface area contributed by atoms with E-state index in [1.165, 1.54) is 12.8 Å². The molecule has 0 radical (unpaired) electrons. The number of benzene rings is 1. The third-order valence-corrected chi connectivity index (χ3v) is 5.19. The van der Waals surface area contributed by atoms with Gasteiger partial charge in [-0.3, -0.25) is 4.79 Å². The molecule has 3 rings (SSSR count). The van der Waals surface area contributed by atoms with Crippen LogP contribution in [0, 0.1) is 5.92 Å². The van der Waals surface area contributed by atoms with Crippen LogP contribution in [-0.4, -0.2) is 53.5 Å². The lowest BCUT2D eigenvalue weighted by molar-refractivity contribution is 0.0772. The zero-order valence-electron chi connectivity index (χ0n) is 14.6. The molecular weight excluding hydrogens is 286 g/mol. The summed E-state index contributed by atoms with van der Waals surface area (Å²) in [6.07, 6.45) is 2.35. The van der Waals surface area contributed by atoms with Crippen LogP contribution in [0.4, 0.5) is 0 Å². The summed E-state index contributed by atoms with van der Waals surface area (Å²) in [6.45, 7) is 3.93. The zero-order chi connectivity index (χ0) is 16.6. The molecule has 2 heterocycles. The summed E-state index contributed by atoms with van der Waals surface area (Å²) in [5.74, 6) is 0.739. The number of likely N-dealkylation sites (N-methyl/N-ethyl adjacent to an activating group) is 1. The number of carbonyl (C=O) groups excluding carboxylic acids is 1. The second kappa shape index (κ2) is 6.36. The number of nitrogens with zero attached hydrogens (tertiary/aromatic N) is 3. The van der Waals surface area contributed by atoms with Crippen LogP contribution < -0.4 is 0 Å². The Morgan fingerprint density at radius 2 is 2.00 bits per heavy atom. The first-order valence-corrected chi connectivity index (χ1v) is 8.53. The molecule has 1 saturated heterocycles. The van der Waals surface area contributed by atoms with Gasteiger partial charge in [-0.2, -0.15) is 0 Å². The Morgan fingerprint density at radius 1 is 1.26 bits per heavy atom. The van der Waals surface area contributed by atoms with Crippen LogP contribution in [0.5, 0.6) is 0 Å². The standard InChI is InChI=1S/C19H27N3O/c1-5-8-15-12-22(13-18(15)20(2)3)19(23)17-11-14-9-6-7-10-16(14)21(17)4/h6-7,9-11,15,18H,5,8,12-13H2,1-4H3/t15-,18-/m1/s1. The number of carbonyl (C=O) groups is 1. The number of para-hydroxylation sites is 1. The third kappa shape index (κ3) is 2.88. The van der Waals surface area contributed by atoms with Crippen LogP contribution in [-0.2, 0) is 7.05 Å². The average Bonchev–Trinajstić information content (AvgIpc) is 3.10. The van der Waals surface area contributed by atoms with Crippen molar-refractivity contribution in [3.8, 4) is 0 Å². The smallest absolute Gasteiger partial charge is 0.270 e. The third-order valence-electron chi connectivity index (χ3n) is 5.19. The van der Waals surface area contributed by atoms with Crippen molar-refractivity contribution in [3.05, 3.63) is 36.0 Å². The highest BCUT2D eigenvalue weighted by molar-refractivity contribution is 5.98. The van der Waals surface area contributed by atoms with Crippen LogP contribution in [0.25, 0.3) is 10.9 Å². The molecule has 4 heteroatoms. The van der Waals surface area contributed by atoms with Crippen molar-refractivity contribution >= 4 is 16.8 Å². The van der Waals surface area contributed by atoms with Gasteiger partial charge in [0.05, 0.1) is 0 Å². The summed E-state index contributed by atoms with van der Waals surface area (Å²) in [5.41, 5.74) is 1.91. The molecule has 1 aliphatic heterocycles. The zero-order valence-corrected chi connectivity index (χ0v) is 14.6. The number of aromatic nitrogens is 1. The molecule has 0 spiro atoms. The van der Waals surface area contributed by atoms with Crippen LogP contribution in [0.1, 0.15) is 30.3 Å². The molecule has 1 aromatic heterocycles. The van der Waals surface area contributed by atoms with E-state index < -0.39 is 0 Å². The predicted octanol–water partition coefficient (Wildman–Crippen LogP) is 2.98. The molecule has 0 bridgehead atoms. The van der Waals surface area contributed by atoms with Crippen LogP contribution in [0.2, 0.25) is 0 Å². The normalized spacial score (nSPS) is 21.5. The van der Waals surface area contributed by atoms with E-state index >= 15 is 0 Å². The molecule has 1 fully saturated rings. The van der Waals surface area contributed by atoms with Gasteiger partial charge in [0.1, 0.15) is 5.69 Å². The van der Waals surface area contributed by atoms with Crippen LogP contribution >= 0.6 is 0 Å². The van der Waals surface area contributed by atoms with E-state index in [4.69, 9.17) is 0 Å². The molecule has 23 heavy (non-hydrogen) atoms. The average molecular weight is 313 g/mol. The number of hydrogen-bond donors (Lipinski definition) is 0. The maximum Gasteiger partial charge on any atom is 0.270 e. The van der Waals surface area contributed by atoms with Gasteiger partial charge in [0, 0.05) is 37.1 Å². The van der Waals surface area contributed by atoms with Gasteiger partial charge >= 0.3 is 0 Å². The van der Waals surface area contributed by atoms with Gasteiger partial charge in [-0.25, -0.2) is 0 Å². The molecule has 1 aliphatic rings.